The van der Waals surface area contributed by atoms with Crippen LogP contribution in [0.4, 0.5) is 34.1 Å². The summed E-state index contributed by atoms with van der Waals surface area (Å²) in [6, 6.07) is 31.5. The molecule has 2 amide bonds. The van der Waals surface area contributed by atoms with E-state index in [-0.39, 0.29) is 51.5 Å². The summed E-state index contributed by atoms with van der Waals surface area (Å²) in [5.74, 6) is 2.63. The first-order valence-electron chi connectivity index (χ1n) is 40.4. The molecule has 0 heterocycles. The molecule has 0 aliphatic heterocycles. The van der Waals surface area contributed by atoms with Crippen molar-refractivity contribution < 1.29 is 71.2 Å². The van der Waals surface area contributed by atoms with Crippen LogP contribution in [0, 0.1) is 0 Å². The third-order valence-corrected chi connectivity index (χ3v) is 17.7. The van der Waals surface area contributed by atoms with Gasteiger partial charge in [-0.25, -0.2) is 0 Å². The molecule has 0 aliphatic carbocycles. The number of unbranched alkanes of at least 4 members (excludes halogenated alkanes) is 27. The molecule has 21 nitrogen and oxygen atoms in total. The Morgan fingerprint density at radius 2 is 0.533 bits per heavy atom. The van der Waals surface area contributed by atoms with E-state index in [1.165, 1.54) is 154 Å². The van der Waals surface area contributed by atoms with Crippen LogP contribution in [0.2, 0.25) is 0 Å². The highest BCUT2D eigenvalue weighted by atomic mass is 16.6. The lowest BCUT2D eigenvalue weighted by molar-refractivity contribution is -0.122. The molecule has 0 aromatic heterocycles. The Hall–Kier alpha value is -7.08. The van der Waals surface area contributed by atoms with Crippen LogP contribution >= 0.6 is 0 Å². The third-order valence-electron chi connectivity index (χ3n) is 17.7. The summed E-state index contributed by atoms with van der Waals surface area (Å²) < 4.78 is 77.1. The summed E-state index contributed by atoms with van der Waals surface area (Å²) in [6.07, 6.45) is 36.6. The maximum Gasteiger partial charge on any atom is 0.250 e. The van der Waals surface area contributed by atoms with Crippen molar-refractivity contribution >= 4 is 45.9 Å². The van der Waals surface area contributed by atoms with Crippen LogP contribution in [-0.4, -0.2) is 138 Å². The number of ether oxygens (including phenoxy) is 13. The van der Waals surface area contributed by atoms with Gasteiger partial charge in [-0.15, -0.1) is 0 Å². The summed E-state index contributed by atoms with van der Waals surface area (Å²) in [5, 5.41) is 23.7. The Labute approximate surface area is 641 Å². The molecule has 5 aromatic rings. The Morgan fingerprint density at radius 3 is 0.822 bits per heavy atom. The van der Waals surface area contributed by atoms with E-state index in [0.29, 0.717) is 149 Å². The molecular formula is C86H132N6O15. The number of hydrogen-bond acceptors (Lipinski definition) is 19. The van der Waals surface area contributed by atoms with Crippen LogP contribution in [0.15, 0.2) is 124 Å². The Morgan fingerprint density at radius 1 is 0.280 bits per heavy atom. The molecule has 107 heavy (non-hydrogen) atoms. The highest BCUT2D eigenvalue weighted by Gasteiger charge is 2.25. The Bertz CT molecular complexity index is 2860. The van der Waals surface area contributed by atoms with Gasteiger partial charge in [-0.3, -0.25) is 9.59 Å². The molecule has 0 radical (unpaired) electrons. The number of nitrogens with zero attached hydrogens (tertiary/aromatic N) is 4. The number of hydrogen-bond donors (Lipinski definition) is 2. The number of methoxy groups -OCH3 is 2. The third kappa shape index (κ3) is 44.9. The van der Waals surface area contributed by atoms with Gasteiger partial charge in [0.15, 0.2) is 11.5 Å². The predicted molar refractivity (Wildman–Crippen MR) is 427 cm³/mol. The van der Waals surface area contributed by atoms with E-state index in [0.717, 1.165) is 49.7 Å². The quantitative estimate of drug-likeness (QED) is 0.0272. The average Bonchev–Trinajstić information content (AvgIpc) is 0.789. The molecule has 0 atom stereocenters. The highest BCUT2D eigenvalue weighted by molar-refractivity contribution is 5.92. The number of benzene rings is 5. The molecule has 0 saturated heterocycles. The Kier molecular flexibility index (Phi) is 53.1. The van der Waals surface area contributed by atoms with Crippen molar-refractivity contribution in [2.45, 2.75) is 227 Å². The molecule has 5 rings (SSSR count). The van der Waals surface area contributed by atoms with E-state index in [1.54, 1.807) is 62.8 Å². The number of carbonyl (C=O) groups is 2. The van der Waals surface area contributed by atoms with E-state index in [4.69, 9.17) is 61.6 Å². The topological polar surface area (TPSA) is 228 Å². The molecule has 2 N–H and O–H groups in total. The average molecular weight is 1490 g/mol. The van der Waals surface area contributed by atoms with Crippen LogP contribution in [-0.2, 0) is 60.7 Å². The minimum absolute atomic E-state index is 0.0986. The van der Waals surface area contributed by atoms with Crippen LogP contribution in [0.1, 0.15) is 225 Å². The van der Waals surface area contributed by atoms with Crippen molar-refractivity contribution in [2.75, 3.05) is 137 Å². The van der Waals surface area contributed by atoms with Gasteiger partial charge >= 0.3 is 0 Å². The number of azo groups is 2. The smallest absolute Gasteiger partial charge is 0.250 e. The normalized spacial score (nSPS) is 11.5. The number of nitrogens with one attached hydrogen (secondary N) is 2. The number of anilines is 2. The van der Waals surface area contributed by atoms with Gasteiger partial charge < -0.3 is 72.2 Å². The molecule has 0 aliphatic rings. The first-order chi connectivity index (χ1) is 52.8. The standard InChI is InChI=1S/C86H132N6O15/c1-6-9-12-15-18-21-24-27-30-33-52-103-84-72(68-106-80-48-44-78(45-49-80)91-89-76-40-36-74(37-41-76)87-82(93)70-101-65-63-99-61-59-97-57-55-95-4)67-73(85(104-53-34-31-28-25-22-19-16-13-10-7-2)86(84)105-54-35-32-29-26-23-20-17-14-11-8-3)69-107-81-50-46-79(47-51-81)92-90-77-42-38-75(39-43-77)88-83(94)71-102-66-64-100-62-60-98-58-56-96-5/h36-51,67H,6-35,52-66,68-71H2,1-5H3,(H,87,93)(H,88,94). The molecule has 0 fully saturated rings. The summed E-state index contributed by atoms with van der Waals surface area (Å²) in [4.78, 5) is 25.2. The molecule has 0 bridgehead atoms. The van der Waals surface area contributed by atoms with E-state index in [1.807, 2.05) is 48.5 Å². The van der Waals surface area contributed by atoms with Gasteiger partial charge in [0.2, 0.25) is 17.6 Å². The maximum atomic E-state index is 12.6. The second-order valence-corrected chi connectivity index (χ2v) is 27.0. The fraction of sp³-hybridized carbons (Fsp3) is 0.628. The van der Waals surface area contributed by atoms with Crippen LogP contribution in [0.25, 0.3) is 0 Å². The van der Waals surface area contributed by atoms with Crippen molar-refractivity contribution in [1.82, 2.24) is 0 Å². The van der Waals surface area contributed by atoms with Crippen LogP contribution in [0.3, 0.4) is 0 Å². The zero-order valence-corrected chi connectivity index (χ0v) is 65.9. The Balaban J connectivity index is 1.33. The van der Waals surface area contributed by atoms with Crippen molar-refractivity contribution in [3.63, 3.8) is 0 Å². The SMILES string of the molecule is CCCCCCCCCCCCOc1c(COc2ccc(N=Nc3ccc(NC(=O)COCCOCCOCCOC)cc3)cc2)cc(COc2ccc(N=Nc3ccc(NC(=O)COCCOCCOCCOC)cc3)cc2)c(OCCCCCCCCCCCC)c1OCCCCCCCCCCCC. The summed E-state index contributed by atoms with van der Waals surface area (Å²) in [5.41, 5.74) is 5.41. The molecule has 0 spiro atoms. The van der Waals surface area contributed by atoms with Gasteiger partial charge in [0.1, 0.15) is 37.9 Å². The largest absolute Gasteiger partial charge is 0.489 e. The number of amides is 2. The van der Waals surface area contributed by atoms with Crippen molar-refractivity contribution in [3.05, 3.63) is 114 Å². The minimum Gasteiger partial charge on any atom is -0.489 e. The zero-order valence-electron chi connectivity index (χ0n) is 65.9. The zero-order chi connectivity index (χ0) is 75.8. The first kappa shape index (κ1) is 90.5. The fourth-order valence-corrected chi connectivity index (χ4v) is 11.6. The monoisotopic (exact) mass is 1490 g/mol. The van der Waals surface area contributed by atoms with E-state index in [9.17, 15) is 9.59 Å². The van der Waals surface area contributed by atoms with Gasteiger partial charge in [0.25, 0.3) is 0 Å². The lowest BCUT2D eigenvalue weighted by Gasteiger charge is -2.23. The number of rotatable bonds is 70. The van der Waals surface area contributed by atoms with Gasteiger partial charge in [0.05, 0.1) is 122 Å². The molecule has 0 unspecified atom stereocenters. The molecule has 0 saturated carbocycles. The van der Waals surface area contributed by atoms with Gasteiger partial charge in [0, 0.05) is 36.7 Å². The molecular weight excluding hydrogens is 1360 g/mol. The second-order valence-electron chi connectivity index (χ2n) is 27.0. The fourth-order valence-electron chi connectivity index (χ4n) is 11.6. The van der Waals surface area contributed by atoms with E-state index >= 15 is 0 Å². The maximum absolute atomic E-state index is 12.6. The van der Waals surface area contributed by atoms with E-state index in [2.05, 4.69) is 57.9 Å². The van der Waals surface area contributed by atoms with E-state index < -0.39 is 0 Å². The molecule has 596 valence electrons. The van der Waals surface area contributed by atoms with Crippen LogP contribution < -0.4 is 34.3 Å². The number of carbonyl (C=O) groups excluding carboxylic acids is 2. The van der Waals surface area contributed by atoms with Gasteiger partial charge in [-0.2, -0.15) is 20.5 Å². The second kappa shape index (κ2) is 62.8. The van der Waals surface area contributed by atoms with Crippen molar-refractivity contribution in [2.24, 2.45) is 20.5 Å². The lowest BCUT2D eigenvalue weighted by atomic mass is 10.1. The van der Waals surface area contributed by atoms with Crippen molar-refractivity contribution in [3.8, 4) is 28.7 Å². The van der Waals surface area contributed by atoms with Gasteiger partial charge in [-0.05, 0) is 122 Å². The lowest BCUT2D eigenvalue weighted by Crippen LogP contribution is -2.20. The first-order valence-corrected chi connectivity index (χ1v) is 40.4. The summed E-state index contributed by atoms with van der Waals surface area (Å²) >= 11 is 0. The minimum atomic E-state index is -0.272. The summed E-state index contributed by atoms with van der Waals surface area (Å²) in [7, 11) is 3.26. The molecule has 21 heteroatoms. The van der Waals surface area contributed by atoms with Gasteiger partial charge in [-0.1, -0.05) is 194 Å². The molecule has 5 aromatic carbocycles. The van der Waals surface area contributed by atoms with Crippen LogP contribution in [0.5, 0.6) is 28.7 Å². The van der Waals surface area contributed by atoms with Crippen molar-refractivity contribution in [1.29, 1.82) is 0 Å². The highest BCUT2D eigenvalue weighted by Crippen LogP contribution is 2.45. The summed E-state index contributed by atoms with van der Waals surface area (Å²) in [6.45, 7) is 13.8. The predicted octanol–water partition coefficient (Wildman–Crippen LogP) is 21.8.